The third-order valence-electron chi connectivity index (χ3n) is 6.27. The monoisotopic (exact) mass is 449 g/mol. The van der Waals surface area contributed by atoms with Crippen molar-refractivity contribution in [3.05, 3.63) is 29.3 Å². The zero-order valence-corrected chi connectivity index (χ0v) is 20.7. The molecule has 0 atom stereocenters. The minimum absolute atomic E-state index is 0.0331. The molecule has 1 aromatic rings. The van der Waals surface area contributed by atoms with Gasteiger partial charge < -0.3 is 10.2 Å². The van der Waals surface area contributed by atoms with Gasteiger partial charge >= 0.3 is 0 Å². The van der Waals surface area contributed by atoms with Gasteiger partial charge in [-0.25, -0.2) is 13.1 Å². The Hall–Kier alpha value is -1.44. The van der Waals surface area contributed by atoms with Crippen molar-refractivity contribution < 1.29 is 13.2 Å². The maximum atomic E-state index is 13.8. The van der Waals surface area contributed by atoms with Gasteiger partial charge in [-0.2, -0.15) is 0 Å². The number of nitrogens with zero attached hydrogens (tertiary/aromatic N) is 1. The molecule has 1 saturated heterocycles. The van der Waals surface area contributed by atoms with Crippen LogP contribution in [0.2, 0.25) is 0 Å². The summed E-state index contributed by atoms with van der Waals surface area (Å²) in [5.41, 5.74) is 1.14. The summed E-state index contributed by atoms with van der Waals surface area (Å²) in [7, 11) is -3.61. The molecular weight excluding hydrogens is 410 g/mol. The van der Waals surface area contributed by atoms with Gasteiger partial charge in [0.05, 0.1) is 4.90 Å². The Bertz CT molecular complexity index is 904. The molecule has 0 radical (unpaired) electrons. The first-order valence-corrected chi connectivity index (χ1v) is 13.1. The fourth-order valence-corrected chi connectivity index (χ4v) is 6.24. The predicted octanol–water partition coefficient (Wildman–Crippen LogP) is 3.99. The number of aryl methyl sites for hydroxylation is 1. The van der Waals surface area contributed by atoms with Gasteiger partial charge in [-0.1, -0.05) is 19.4 Å². The molecule has 2 fully saturated rings. The molecule has 1 aromatic carbocycles. The maximum Gasteiger partial charge on any atom is 0.254 e. The maximum absolute atomic E-state index is 13.8. The molecule has 6 nitrogen and oxygen atoms in total. The molecule has 2 aliphatic rings. The Labute approximate surface area is 188 Å². The summed E-state index contributed by atoms with van der Waals surface area (Å²) in [4.78, 5) is 16.0. The number of hydrogen-bond acceptors (Lipinski definition) is 4. The SMILES string of the molecule is CCCCN(C(=O)c1cc(S(=O)(=O)NC2CC2)ccc1C)C1CC(C)(C)NC(C)(C)C1. The standard InChI is InChI=1S/C24H39N3O3S/c1-7-8-13-27(19-15-23(3,4)26-24(5,6)16-19)22(28)21-14-20(12-9-17(21)2)31(29,30)25-18-10-11-18/h9,12,14,18-19,25-26H,7-8,10-11,13,15-16H2,1-6H3. The lowest BCUT2D eigenvalue weighted by atomic mass is 9.78. The molecule has 2 N–H and O–H groups in total. The molecule has 1 heterocycles. The highest BCUT2D eigenvalue weighted by Crippen LogP contribution is 2.33. The molecule has 7 heteroatoms. The number of piperidine rings is 1. The highest BCUT2D eigenvalue weighted by atomic mass is 32.2. The van der Waals surface area contributed by atoms with Crippen molar-refractivity contribution >= 4 is 15.9 Å². The number of rotatable bonds is 8. The van der Waals surface area contributed by atoms with Crippen LogP contribution in [0.5, 0.6) is 0 Å². The highest BCUT2D eigenvalue weighted by molar-refractivity contribution is 7.89. The van der Waals surface area contributed by atoms with Crippen LogP contribution < -0.4 is 10.0 Å². The fraction of sp³-hybridized carbons (Fsp3) is 0.708. The fourth-order valence-electron chi connectivity index (χ4n) is 4.91. The van der Waals surface area contributed by atoms with Gasteiger partial charge in [0.25, 0.3) is 5.91 Å². The average Bonchev–Trinajstić information content (AvgIpc) is 3.42. The van der Waals surface area contributed by atoms with Crippen LogP contribution in [0, 0.1) is 6.92 Å². The van der Waals surface area contributed by atoms with Gasteiger partial charge in [0.15, 0.2) is 0 Å². The summed E-state index contributed by atoms with van der Waals surface area (Å²) >= 11 is 0. The lowest BCUT2D eigenvalue weighted by molar-refractivity contribution is 0.0441. The summed E-state index contributed by atoms with van der Waals surface area (Å²) in [6, 6.07) is 5.06. The Morgan fingerprint density at radius 1 is 1.16 bits per heavy atom. The van der Waals surface area contributed by atoms with Gasteiger partial charge in [-0.05, 0) is 84.4 Å². The first-order chi connectivity index (χ1) is 14.3. The van der Waals surface area contributed by atoms with E-state index in [4.69, 9.17) is 0 Å². The van der Waals surface area contributed by atoms with Crippen molar-refractivity contribution in [2.75, 3.05) is 6.54 Å². The van der Waals surface area contributed by atoms with Crippen molar-refractivity contribution in [1.29, 1.82) is 0 Å². The highest BCUT2D eigenvalue weighted by Gasteiger charge is 2.41. The van der Waals surface area contributed by atoms with E-state index in [1.165, 1.54) is 0 Å². The topological polar surface area (TPSA) is 78.5 Å². The van der Waals surface area contributed by atoms with Crippen LogP contribution in [0.15, 0.2) is 23.1 Å². The molecular formula is C24H39N3O3S. The minimum Gasteiger partial charge on any atom is -0.336 e. The van der Waals surface area contributed by atoms with E-state index in [0.29, 0.717) is 12.1 Å². The van der Waals surface area contributed by atoms with Crippen LogP contribution in [0.1, 0.15) is 89.1 Å². The predicted molar refractivity (Wildman–Crippen MR) is 125 cm³/mol. The van der Waals surface area contributed by atoms with Crippen molar-refractivity contribution in [3.8, 4) is 0 Å². The van der Waals surface area contributed by atoms with E-state index in [1.54, 1.807) is 18.2 Å². The van der Waals surface area contributed by atoms with E-state index in [2.05, 4.69) is 44.7 Å². The molecule has 3 rings (SSSR count). The second-order valence-electron chi connectivity index (χ2n) is 10.7. The summed E-state index contributed by atoms with van der Waals surface area (Å²) in [6.07, 6.45) is 5.42. The molecule has 0 bridgehead atoms. The zero-order chi connectivity index (χ0) is 23.0. The molecule has 1 aliphatic heterocycles. The Balaban J connectivity index is 1.93. The Morgan fingerprint density at radius 2 is 1.77 bits per heavy atom. The number of nitrogens with one attached hydrogen (secondary N) is 2. The largest absolute Gasteiger partial charge is 0.336 e. The lowest BCUT2D eigenvalue weighted by Crippen LogP contribution is -2.63. The summed E-state index contributed by atoms with van der Waals surface area (Å²) < 4.78 is 28.2. The van der Waals surface area contributed by atoms with Gasteiger partial charge in [0.2, 0.25) is 10.0 Å². The number of amides is 1. The number of hydrogen-bond donors (Lipinski definition) is 2. The molecule has 1 saturated carbocycles. The van der Waals surface area contributed by atoms with Gasteiger partial charge in [0.1, 0.15) is 0 Å². The van der Waals surface area contributed by atoms with Crippen LogP contribution in [0.3, 0.4) is 0 Å². The number of sulfonamides is 1. The number of unbranched alkanes of at least 4 members (excludes halogenated alkanes) is 1. The Kier molecular flexibility index (Phi) is 6.90. The molecule has 0 spiro atoms. The smallest absolute Gasteiger partial charge is 0.254 e. The average molecular weight is 450 g/mol. The van der Waals surface area contributed by atoms with E-state index >= 15 is 0 Å². The lowest BCUT2D eigenvalue weighted by Gasteiger charge is -2.49. The quantitative estimate of drug-likeness (QED) is 0.629. The van der Waals surface area contributed by atoms with E-state index in [1.807, 2.05) is 11.8 Å². The molecule has 1 aliphatic carbocycles. The second kappa shape index (κ2) is 8.83. The van der Waals surface area contributed by atoms with Gasteiger partial charge in [-0.15, -0.1) is 0 Å². The first-order valence-electron chi connectivity index (χ1n) is 11.6. The molecule has 0 aromatic heterocycles. The van der Waals surface area contributed by atoms with Gasteiger partial charge in [0, 0.05) is 35.3 Å². The third-order valence-corrected chi connectivity index (χ3v) is 7.79. The van der Waals surface area contributed by atoms with Crippen molar-refractivity contribution in [2.45, 2.75) is 108 Å². The van der Waals surface area contributed by atoms with Crippen molar-refractivity contribution in [2.24, 2.45) is 0 Å². The third kappa shape index (κ3) is 6.08. The summed E-state index contributed by atoms with van der Waals surface area (Å²) in [5.74, 6) is -0.0621. The van der Waals surface area contributed by atoms with Gasteiger partial charge in [-0.3, -0.25) is 4.79 Å². The van der Waals surface area contributed by atoms with Crippen LogP contribution in [0.25, 0.3) is 0 Å². The zero-order valence-electron chi connectivity index (χ0n) is 19.9. The molecule has 31 heavy (non-hydrogen) atoms. The normalized spacial score (nSPS) is 21.1. The van der Waals surface area contributed by atoms with Crippen LogP contribution in [0.4, 0.5) is 0 Å². The van der Waals surface area contributed by atoms with E-state index in [0.717, 1.165) is 44.1 Å². The molecule has 0 unspecified atom stereocenters. The van der Waals surface area contributed by atoms with Crippen molar-refractivity contribution in [1.82, 2.24) is 14.9 Å². The first kappa shape index (κ1) is 24.2. The Morgan fingerprint density at radius 3 is 2.32 bits per heavy atom. The molecule has 1 amide bonds. The van der Waals surface area contributed by atoms with E-state index in [-0.39, 0.29) is 34.0 Å². The number of carbonyl (C=O) groups excluding carboxylic acids is 1. The summed E-state index contributed by atoms with van der Waals surface area (Å²) in [6.45, 7) is 13.4. The van der Waals surface area contributed by atoms with Crippen LogP contribution in [-0.4, -0.2) is 48.9 Å². The number of carbonyl (C=O) groups is 1. The number of benzene rings is 1. The van der Waals surface area contributed by atoms with Crippen LogP contribution >= 0.6 is 0 Å². The summed E-state index contributed by atoms with van der Waals surface area (Å²) in [5, 5.41) is 3.69. The van der Waals surface area contributed by atoms with E-state index in [9.17, 15) is 13.2 Å². The van der Waals surface area contributed by atoms with Crippen molar-refractivity contribution in [3.63, 3.8) is 0 Å². The van der Waals surface area contributed by atoms with E-state index < -0.39 is 10.0 Å². The minimum atomic E-state index is -3.61. The second-order valence-corrected chi connectivity index (χ2v) is 12.4. The van der Waals surface area contributed by atoms with Crippen LogP contribution in [-0.2, 0) is 10.0 Å². The molecule has 174 valence electrons.